The molecule has 2 bridgehead atoms. The van der Waals surface area contributed by atoms with Gasteiger partial charge >= 0.3 is 0 Å². The Balaban J connectivity index is 1.82. The van der Waals surface area contributed by atoms with Gasteiger partial charge in [-0.25, -0.2) is 0 Å². The van der Waals surface area contributed by atoms with E-state index in [4.69, 9.17) is 5.73 Å². The number of nitrogens with two attached hydrogens (primary N) is 1. The second-order valence-electron chi connectivity index (χ2n) is 4.97. The molecule has 2 aliphatic heterocycles. The predicted octanol–water partition coefficient (Wildman–Crippen LogP) is -0.493. The van der Waals surface area contributed by atoms with Gasteiger partial charge in [-0.3, -0.25) is 9.59 Å². The molecule has 2 heterocycles. The Morgan fingerprint density at radius 3 is 2.75 bits per heavy atom. The molecule has 4 atom stereocenters. The number of carbonyl (C=O) groups excluding carboxylic acids is 2. The Morgan fingerprint density at radius 2 is 2.25 bits per heavy atom. The largest absolute Gasteiger partial charge is 0.370 e. The summed E-state index contributed by atoms with van der Waals surface area (Å²) in [6.45, 7) is 1.81. The maximum Gasteiger partial charge on any atom is 0.224 e. The molecule has 0 aliphatic carbocycles. The first-order valence-corrected chi connectivity index (χ1v) is 5.91. The Kier molecular flexibility index (Phi) is 3.14. The molecule has 16 heavy (non-hydrogen) atoms. The van der Waals surface area contributed by atoms with Crippen LogP contribution in [0.2, 0.25) is 0 Å². The van der Waals surface area contributed by atoms with Crippen molar-refractivity contribution >= 4 is 11.8 Å². The smallest absolute Gasteiger partial charge is 0.224 e. The lowest BCUT2D eigenvalue weighted by Gasteiger charge is -2.21. The lowest BCUT2D eigenvalue weighted by Crippen LogP contribution is -2.42. The number of amides is 2. The van der Waals surface area contributed by atoms with Crippen LogP contribution >= 0.6 is 0 Å². The molecule has 2 rings (SSSR count). The Labute approximate surface area is 95.1 Å². The summed E-state index contributed by atoms with van der Waals surface area (Å²) < 4.78 is 0. The van der Waals surface area contributed by atoms with E-state index >= 15 is 0 Å². The van der Waals surface area contributed by atoms with Crippen LogP contribution in [0.4, 0.5) is 0 Å². The molecule has 5 nitrogen and oxygen atoms in total. The lowest BCUT2D eigenvalue weighted by molar-refractivity contribution is -0.126. The van der Waals surface area contributed by atoms with Crippen molar-refractivity contribution in [3.8, 4) is 0 Å². The highest BCUT2D eigenvalue weighted by Gasteiger charge is 2.42. The van der Waals surface area contributed by atoms with Crippen molar-refractivity contribution < 1.29 is 9.59 Å². The zero-order valence-electron chi connectivity index (χ0n) is 9.53. The van der Waals surface area contributed by atoms with E-state index in [1.54, 1.807) is 0 Å². The van der Waals surface area contributed by atoms with Crippen LogP contribution in [-0.2, 0) is 9.59 Å². The summed E-state index contributed by atoms with van der Waals surface area (Å²) in [6.07, 6.45) is 3.41. The average Bonchev–Trinajstić information content (AvgIpc) is 2.76. The number of hydrogen-bond acceptors (Lipinski definition) is 3. The van der Waals surface area contributed by atoms with Crippen LogP contribution in [0.3, 0.4) is 0 Å². The molecule has 4 N–H and O–H groups in total. The summed E-state index contributed by atoms with van der Waals surface area (Å²) in [5.41, 5.74) is 5.08. The van der Waals surface area contributed by atoms with Crippen LogP contribution in [0.25, 0.3) is 0 Å². The molecule has 2 aliphatic rings. The summed E-state index contributed by atoms with van der Waals surface area (Å²) in [4.78, 5) is 22.6. The first-order chi connectivity index (χ1) is 7.56. The van der Waals surface area contributed by atoms with Crippen LogP contribution in [0.1, 0.15) is 32.6 Å². The highest BCUT2D eigenvalue weighted by molar-refractivity contribution is 5.81. The van der Waals surface area contributed by atoms with Crippen LogP contribution < -0.4 is 16.4 Å². The van der Waals surface area contributed by atoms with Gasteiger partial charge in [-0.05, 0) is 26.2 Å². The lowest BCUT2D eigenvalue weighted by atomic mass is 9.88. The van der Waals surface area contributed by atoms with Gasteiger partial charge in [-0.1, -0.05) is 0 Å². The Bertz CT molecular complexity index is 306. The zero-order chi connectivity index (χ0) is 11.7. The second-order valence-corrected chi connectivity index (χ2v) is 4.97. The minimum absolute atomic E-state index is 0.0634. The molecular weight excluding hydrogens is 206 g/mol. The predicted molar refractivity (Wildman–Crippen MR) is 59.5 cm³/mol. The fourth-order valence-electron chi connectivity index (χ4n) is 2.82. The summed E-state index contributed by atoms with van der Waals surface area (Å²) in [5.74, 6) is -0.235. The number of nitrogens with one attached hydrogen (secondary N) is 2. The van der Waals surface area contributed by atoms with Gasteiger partial charge in [0, 0.05) is 24.5 Å². The van der Waals surface area contributed by atoms with Gasteiger partial charge in [0.05, 0.1) is 5.92 Å². The van der Waals surface area contributed by atoms with Crippen LogP contribution in [-0.4, -0.2) is 29.9 Å². The van der Waals surface area contributed by atoms with Crippen LogP contribution in [0.15, 0.2) is 0 Å². The van der Waals surface area contributed by atoms with Gasteiger partial charge in [0.2, 0.25) is 11.8 Å². The fourth-order valence-corrected chi connectivity index (χ4v) is 2.82. The second kappa shape index (κ2) is 4.41. The van der Waals surface area contributed by atoms with Gasteiger partial charge in [0.25, 0.3) is 0 Å². The van der Waals surface area contributed by atoms with Crippen molar-refractivity contribution in [3.05, 3.63) is 0 Å². The molecule has 2 fully saturated rings. The number of hydrogen-bond donors (Lipinski definition) is 3. The van der Waals surface area contributed by atoms with Crippen molar-refractivity contribution in [1.82, 2.24) is 10.6 Å². The van der Waals surface area contributed by atoms with Gasteiger partial charge in [0.15, 0.2) is 0 Å². The van der Waals surface area contributed by atoms with Gasteiger partial charge in [-0.2, -0.15) is 0 Å². The normalized spacial score (nSPS) is 33.7. The summed E-state index contributed by atoms with van der Waals surface area (Å²) in [6, 6.07) is 0.696. The molecule has 0 aromatic rings. The van der Waals surface area contributed by atoms with E-state index < -0.39 is 0 Å². The van der Waals surface area contributed by atoms with Crippen molar-refractivity contribution in [2.24, 2.45) is 11.7 Å². The summed E-state index contributed by atoms with van der Waals surface area (Å²) in [5, 5.41) is 6.28. The third-order valence-corrected chi connectivity index (χ3v) is 3.53. The monoisotopic (exact) mass is 225 g/mol. The SMILES string of the molecule is CC(CC(N)=O)NC(=O)C1CC2CCC1N2. The number of primary amides is 1. The third-order valence-electron chi connectivity index (χ3n) is 3.53. The number of carbonyl (C=O) groups is 2. The third kappa shape index (κ3) is 2.35. The molecule has 5 heteroatoms. The zero-order valence-corrected chi connectivity index (χ0v) is 9.53. The van der Waals surface area contributed by atoms with Crippen molar-refractivity contribution in [2.45, 2.75) is 50.7 Å². The van der Waals surface area contributed by atoms with Crippen molar-refractivity contribution in [3.63, 3.8) is 0 Å². The molecule has 0 spiro atoms. The van der Waals surface area contributed by atoms with E-state index in [1.807, 2.05) is 6.92 Å². The number of rotatable bonds is 4. The fraction of sp³-hybridized carbons (Fsp3) is 0.818. The Morgan fingerprint density at radius 1 is 1.50 bits per heavy atom. The molecule has 0 saturated carbocycles. The first-order valence-electron chi connectivity index (χ1n) is 5.91. The van der Waals surface area contributed by atoms with Crippen molar-refractivity contribution in [2.75, 3.05) is 0 Å². The molecule has 2 saturated heterocycles. The van der Waals surface area contributed by atoms with E-state index in [0.29, 0.717) is 12.1 Å². The van der Waals surface area contributed by atoms with Crippen molar-refractivity contribution in [1.29, 1.82) is 0 Å². The molecule has 0 aromatic heterocycles. The van der Waals surface area contributed by atoms with Crippen LogP contribution in [0.5, 0.6) is 0 Å². The maximum atomic E-state index is 11.9. The summed E-state index contributed by atoms with van der Waals surface area (Å²) >= 11 is 0. The van der Waals surface area contributed by atoms with Gasteiger partial charge in [0.1, 0.15) is 0 Å². The van der Waals surface area contributed by atoms with E-state index in [9.17, 15) is 9.59 Å². The Hall–Kier alpha value is -1.10. The standard InChI is InChI=1S/C11H19N3O2/c1-6(4-10(12)15)13-11(16)8-5-7-2-3-9(8)14-7/h6-9,14H,2-5H2,1H3,(H2,12,15)(H,13,16). The molecule has 4 unspecified atom stereocenters. The van der Waals surface area contributed by atoms with E-state index in [1.165, 1.54) is 6.42 Å². The summed E-state index contributed by atoms with van der Waals surface area (Å²) in [7, 11) is 0. The molecule has 0 radical (unpaired) electrons. The minimum atomic E-state index is -0.376. The number of fused-ring (bicyclic) bond motifs is 2. The molecular formula is C11H19N3O2. The minimum Gasteiger partial charge on any atom is -0.370 e. The quantitative estimate of drug-likeness (QED) is 0.603. The maximum absolute atomic E-state index is 11.9. The van der Waals surface area contributed by atoms with Gasteiger partial charge < -0.3 is 16.4 Å². The molecule has 0 aromatic carbocycles. The topological polar surface area (TPSA) is 84.2 Å². The molecule has 90 valence electrons. The molecule has 2 amide bonds. The van der Waals surface area contributed by atoms with Crippen LogP contribution in [0, 0.1) is 5.92 Å². The highest BCUT2D eigenvalue weighted by atomic mass is 16.2. The van der Waals surface area contributed by atoms with E-state index in [0.717, 1.165) is 12.8 Å². The highest BCUT2D eigenvalue weighted by Crippen LogP contribution is 2.33. The average molecular weight is 225 g/mol. The van der Waals surface area contributed by atoms with E-state index in [-0.39, 0.29) is 30.2 Å². The first kappa shape index (κ1) is 11.4. The van der Waals surface area contributed by atoms with E-state index in [2.05, 4.69) is 10.6 Å². The van der Waals surface area contributed by atoms with Gasteiger partial charge in [-0.15, -0.1) is 0 Å².